The minimum absolute atomic E-state index is 0.146. The van der Waals surface area contributed by atoms with Gasteiger partial charge in [0.15, 0.2) is 5.82 Å². The second-order valence-corrected chi connectivity index (χ2v) is 5.80. The average Bonchev–Trinajstić information content (AvgIpc) is 2.38. The Bertz CT molecular complexity index is 806. The number of hydrogen-bond acceptors (Lipinski definition) is 4. The van der Waals surface area contributed by atoms with E-state index in [1.54, 1.807) is 0 Å². The molecule has 0 saturated heterocycles. The highest BCUT2D eigenvalue weighted by atomic mass is 32.2. The third-order valence-corrected chi connectivity index (χ3v) is 4.01. The van der Waals surface area contributed by atoms with Gasteiger partial charge in [0.1, 0.15) is 0 Å². The van der Waals surface area contributed by atoms with Crippen LogP contribution in [0.3, 0.4) is 0 Å². The van der Waals surface area contributed by atoms with Crippen molar-refractivity contribution in [3.8, 4) is 0 Å². The number of rotatable bonds is 4. The van der Waals surface area contributed by atoms with Crippen LogP contribution >= 0.6 is 0 Å². The molecule has 2 aromatic rings. The number of pyridine rings is 1. The van der Waals surface area contributed by atoms with E-state index in [-0.39, 0.29) is 11.3 Å². The van der Waals surface area contributed by atoms with E-state index >= 15 is 0 Å². The molecule has 0 saturated carbocycles. The van der Waals surface area contributed by atoms with Crippen LogP contribution in [0.2, 0.25) is 0 Å². The van der Waals surface area contributed by atoms with Gasteiger partial charge in [-0.25, -0.2) is 14.2 Å². The van der Waals surface area contributed by atoms with Crippen LogP contribution in [0.1, 0.15) is 15.9 Å². The maximum atomic E-state index is 13.5. The monoisotopic (exact) mass is 310 g/mol. The molecule has 0 atom stereocenters. The third-order valence-electron chi connectivity index (χ3n) is 2.71. The van der Waals surface area contributed by atoms with E-state index in [1.165, 1.54) is 31.2 Å². The van der Waals surface area contributed by atoms with Crippen molar-refractivity contribution in [1.29, 1.82) is 0 Å². The van der Waals surface area contributed by atoms with E-state index in [0.29, 0.717) is 5.56 Å². The Labute approximate surface area is 120 Å². The normalized spacial score (nSPS) is 11.1. The summed E-state index contributed by atoms with van der Waals surface area (Å²) in [6.07, 6.45) is 1.13. The van der Waals surface area contributed by atoms with Crippen LogP contribution in [0.5, 0.6) is 0 Å². The summed E-state index contributed by atoms with van der Waals surface area (Å²) in [7, 11) is -4.32. The maximum Gasteiger partial charge on any atom is 0.338 e. The zero-order chi connectivity index (χ0) is 15.6. The summed E-state index contributed by atoms with van der Waals surface area (Å²) < 4.78 is 39.8. The second kappa shape index (κ2) is 5.49. The first-order chi connectivity index (χ1) is 9.83. The molecule has 0 unspecified atom stereocenters. The van der Waals surface area contributed by atoms with Gasteiger partial charge in [-0.15, -0.1) is 0 Å². The Morgan fingerprint density at radius 1 is 1.29 bits per heavy atom. The molecule has 0 radical (unpaired) electrons. The van der Waals surface area contributed by atoms with Crippen LogP contribution in [0.4, 0.5) is 10.1 Å². The number of aromatic carboxylic acids is 1. The highest BCUT2D eigenvalue weighted by molar-refractivity contribution is 7.92. The lowest BCUT2D eigenvalue weighted by Gasteiger charge is -2.12. The highest BCUT2D eigenvalue weighted by Gasteiger charge is 2.23. The van der Waals surface area contributed by atoms with Gasteiger partial charge in [-0.05, 0) is 30.7 Å². The number of aryl methyl sites for hydroxylation is 1. The predicted molar refractivity (Wildman–Crippen MR) is 73.1 cm³/mol. The van der Waals surface area contributed by atoms with E-state index in [0.717, 1.165) is 12.3 Å². The fourth-order valence-corrected chi connectivity index (χ4v) is 2.88. The number of anilines is 1. The van der Waals surface area contributed by atoms with Crippen LogP contribution in [0.25, 0.3) is 0 Å². The van der Waals surface area contributed by atoms with E-state index < -0.39 is 26.8 Å². The highest BCUT2D eigenvalue weighted by Crippen LogP contribution is 2.23. The predicted octanol–water partition coefficient (Wildman–Crippen LogP) is 2.03. The van der Waals surface area contributed by atoms with E-state index in [2.05, 4.69) is 9.71 Å². The summed E-state index contributed by atoms with van der Waals surface area (Å²) in [6, 6.07) is 6.52. The Balaban J connectivity index is 2.50. The Kier molecular flexibility index (Phi) is 3.90. The van der Waals surface area contributed by atoms with Crippen LogP contribution in [0.15, 0.2) is 41.6 Å². The van der Waals surface area contributed by atoms with Crippen LogP contribution in [0, 0.1) is 12.7 Å². The van der Waals surface area contributed by atoms with Gasteiger partial charge < -0.3 is 5.11 Å². The van der Waals surface area contributed by atoms with Crippen molar-refractivity contribution in [2.45, 2.75) is 11.9 Å². The first kappa shape index (κ1) is 14.9. The lowest BCUT2D eigenvalue weighted by atomic mass is 10.1. The molecule has 0 bridgehead atoms. The number of carboxylic acid groups (broad SMARTS) is 1. The van der Waals surface area contributed by atoms with Gasteiger partial charge in [0.05, 0.1) is 11.3 Å². The molecule has 6 nitrogen and oxygen atoms in total. The number of nitrogens with zero attached hydrogens (tertiary/aromatic N) is 1. The Morgan fingerprint density at radius 3 is 2.62 bits per heavy atom. The van der Waals surface area contributed by atoms with Gasteiger partial charge >= 0.3 is 5.97 Å². The molecule has 0 spiro atoms. The number of sulfonamides is 1. The third kappa shape index (κ3) is 3.00. The molecular formula is C13H11FN2O4S. The number of hydrogen-bond donors (Lipinski definition) is 2. The molecule has 21 heavy (non-hydrogen) atoms. The lowest BCUT2D eigenvalue weighted by Crippen LogP contribution is -2.18. The Hall–Kier alpha value is -2.48. The minimum Gasteiger partial charge on any atom is -0.478 e. The molecule has 0 aliphatic heterocycles. The lowest BCUT2D eigenvalue weighted by molar-refractivity contribution is 0.0697. The first-order valence-electron chi connectivity index (χ1n) is 5.79. The smallest absolute Gasteiger partial charge is 0.338 e. The van der Waals surface area contributed by atoms with Crippen LogP contribution in [-0.4, -0.2) is 24.5 Å². The molecule has 1 heterocycles. The first-order valence-corrected chi connectivity index (χ1v) is 7.27. The molecule has 2 rings (SSSR count). The molecule has 110 valence electrons. The van der Waals surface area contributed by atoms with Crippen molar-refractivity contribution >= 4 is 21.7 Å². The number of halogens is 1. The molecule has 1 aromatic carbocycles. The van der Waals surface area contributed by atoms with Crippen LogP contribution < -0.4 is 4.72 Å². The SMILES string of the molecule is Cc1cccc(NS(=O)(=O)c2ncccc2F)c1C(=O)O. The molecule has 2 N–H and O–H groups in total. The van der Waals surface area contributed by atoms with Crippen molar-refractivity contribution in [1.82, 2.24) is 4.98 Å². The maximum absolute atomic E-state index is 13.5. The molecule has 0 fully saturated rings. The van der Waals surface area contributed by atoms with Crippen molar-refractivity contribution in [3.63, 3.8) is 0 Å². The number of carbonyl (C=O) groups is 1. The fourth-order valence-electron chi connectivity index (χ4n) is 1.80. The zero-order valence-electron chi connectivity index (χ0n) is 10.9. The van der Waals surface area contributed by atoms with Gasteiger partial charge in [0.25, 0.3) is 10.0 Å². The molecule has 8 heteroatoms. The van der Waals surface area contributed by atoms with Crippen molar-refractivity contribution in [2.24, 2.45) is 0 Å². The van der Waals surface area contributed by atoms with Crippen molar-refractivity contribution in [2.75, 3.05) is 4.72 Å². The van der Waals surface area contributed by atoms with Gasteiger partial charge in [0, 0.05) is 6.20 Å². The van der Waals surface area contributed by atoms with Gasteiger partial charge in [-0.3, -0.25) is 4.72 Å². The van der Waals surface area contributed by atoms with Gasteiger partial charge in [-0.2, -0.15) is 8.42 Å². The summed E-state index contributed by atoms with van der Waals surface area (Å²) >= 11 is 0. The number of carboxylic acids is 1. The standard InChI is InChI=1S/C13H11FN2O4S/c1-8-4-2-6-10(11(8)13(17)18)16-21(19,20)12-9(14)5-3-7-15-12/h2-7,16H,1H3,(H,17,18). The average molecular weight is 310 g/mol. The molecule has 1 aromatic heterocycles. The molecule has 0 amide bonds. The summed E-state index contributed by atoms with van der Waals surface area (Å²) in [5, 5.41) is 8.35. The summed E-state index contributed by atoms with van der Waals surface area (Å²) in [4.78, 5) is 14.7. The van der Waals surface area contributed by atoms with E-state index in [1.807, 2.05) is 0 Å². The quantitative estimate of drug-likeness (QED) is 0.900. The number of benzene rings is 1. The summed E-state index contributed by atoms with van der Waals surface area (Å²) in [6.45, 7) is 1.53. The zero-order valence-corrected chi connectivity index (χ0v) is 11.7. The fraction of sp³-hybridized carbons (Fsp3) is 0.0769. The van der Waals surface area contributed by atoms with Gasteiger partial charge in [0.2, 0.25) is 5.03 Å². The van der Waals surface area contributed by atoms with E-state index in [4.69, 9.17) is 5.11 Å². The topological polar surface area (TPSA) is 96.4 Å². The largest absolute Gasteiger partial charge is 0.478 e. The van der Waals surface area contributed by atoms with Crippen molar-refractivity contribution < 1.29 is 22.7 Å². The summed E-state index contributed by atoms with van der Waals surface area (Å²) in [5.41, 5.74) is 0.0363. The van der Waals surface area contributed by atoms with Gasteiger partial charge in [-0.1, -0.05) is 12.1 Å². The molecule has 0 aliphatic rings. The van der Waals surface area contributed by atoms with Crippen LogP contribution in [-0.2, 0) is 10.0 Å². The van der Waals surface area contributed by atoms with Crippen molar-refractivity contribution in [3.05, 3.63) is 53.5 Å². The summed E-state index contributed by atoms with van der Waals surface area (Å²) in [5.74, 6) is -2.30. The Morgan fingerprint density at radius 2 is 2.00 bits per heavy atom. The minimum atomic E-state index is -4.32. The number of aromatic nitrogens is 1. The van der Waals surface area contributed by atoms with E-state index in [9.17, 15) is 17.6 Å². The molecule has 0 aliphatic carbocycles. The molecular weight excluding hydrogens is 299 g/mol. The second-order valence-electron chi connectivity index (χ2n) is 4.20. The number of nitrogens with one attached hydrogen (secondary N) is 1.